The second-order valence-corrected chi connectivity index (χ2v) is 1.88. The molecule has 0 aliphatic rings. The van der Waals surface area contributed by atoms with Gasteiger partial charge in [0.15, 0.2) is 0 Å². The van der Waals surface area contributed by atoms with Gasteiger partial charge in [0.05, 0.1) is 6.07 Å². The minimum absolute atomic E-state index is 0.611. The highest BCUT2D eigenvalue weighted by atomic mass is 14.7. The molecule has 0 bridgehead atoms. The zero-order valence-electron chi connectivity index (χ0n) is 4.73. The van der Waals surface area contributed by atoms with Crippen molar-refractivity contribution in [2.24, 2.45) is 5.73 Å². The van der Waals surface area contributed by atoms with Crippen LogP contribution in [-0.4, -0.2) is 5.54 Å². The van der Waals surface area contributed by atoms with Gasteiger partial charge in [-0.3, -0.25) is 0 Å². The van der Waals surface area contributed by atoms with Gasteiger partial charge in [0.2, 0.25) is 0 Å². The number of rotatable bonds is 1. The van der Waals surface area contributed by atoms with E-state index in [4.69, 9.17) is 11.0 Å². The van der Waals surface area contributed by atoms with Gasteiger partial charge in [0.1, 0.15) is 5.54 Å². The van der Waals surface area contributed by atoms with Gasteiger partial charge in [-0.05, 0) is 13.3 Å². The zero-order valence-corrected chi connectivity index (χ0v) is 4.73. The molecule has 0 aromatic rings. The van der Waals surface area contributed by atoms with Crippen LogP contribution in [0.3, 0.4) is 0 Å². The summed E-state index contributed by atoms with van der Waals surface area (Å²) in [5.74, 6) is 0. The molecule has 0 saturated heterocycles. The summed E-state index contributed by atoms with van der Waals surface area (Å²) in [4.78, 5) is 0. The lowest BCUT2D eigenvalue weighted by Crippen LogP contribution is -2.32. The molecule has 0 saturated carbocycles. The average molecular weight is 98.1 g/mol. The summed E-state index contributed by atoms with van der Waals surface area (Å²) in [5.41, 5.74) is 4.74. The van der Waals surface area contributed by atoms with Gasteiger partial charge in [-0.25, -0.2) is 0 Å². The third-order valence-corrected chi connectivity index (χ3v) is 0.990. The summed E-state index contributed by atoms with van der Waals surface area (Å²) in [6, 6.07) is 1.97. The van der Waals surface area contributed by atoms with Crippen LogP contribution in [0.25, 0.3) is 0 Å². The molecule has 7 heavy (non-hydrogen) atoms. The second-order valence-electron chi connectivity index (χ2n) is 1.88. The van der Waals surface area contributed by atoms with Gasteiger partial charge in [-0.15, -0.1) is 0 Å². The van der Waals surface area contributed by atoms with Crippen LogP contribution in [0.2, 0.25) is 0 Å². The van der Waals surface area contributed by atoms with Crippen LogP contribution in [0, 0.1) is 11.3 Å². The number of hydrogen-bond acceptors (Lipinski definition) is 2. The summed E-state index contributed by atoms with van der Waals surface area (Å²) >= 11 is 0. The zero-order chi connectivity index (χ0) is 5.91. The monoisotopic (exact) mass is 98.1 g/mol. The second kappa shape index (κ2) is 1.94. The first-order chi connectivity index (χ1) is 3.12. The predicted molar refractivity (Wildman–Crippen MR) is 28.5 cm³/mol. The largest absolute Gasteiger partial charge is 0.314 e. The molecule has 0 spiro atoms. The molecular formula is C5H10N2. The van der Waals surface area contributed by atoms with Crippen LogP contribution in [0.15, 0.2) is 0 Å². The third kappa shape index (κ3) is 2.18. The number of nitrogens with zero attached hydrogens (tertiary/aromatic N) is 1. The maximum atomic E-state index is 8.22. The fourth-order valence-electron chi connectivity index (χ4n) is 0.0791. The van der Waals surface area contributed by atoms with Gasteiger partial charge in [0, 0.05) is 0 Å². The Balaban J connectivity index is 3.66. The fourth-order valence-corrected chi connectivity index (χ4v) is 0.0791. The first-order valence-electron chi connectivity index (χ1n) is 2.32. The van der Waals surface area contributed by atoms with Gasteiger partial charge in [0.25, 0.3) is 0 Å². The standard InChI is InChI=1S/C5H10N2/c1-3-5(2,7)4-6/h3,7H2,1-2H3/t5-/m0/s1. The number of nitriles is 1. The Morgan fingerprint density at radius 3 is 2.29 bits per heavy atom. The number of hydrogen-bond donors (Lipinski definition) is 1. The van der Waals surface area contributed by atoms with Gasteiger partial charge < -0.3 is 5.73 Å². The molecule has 0 heterocycles. The molecular weight excluding hydrogens is 88.1 g/mol. The first-order valence-corrected chi connectivity index (χ1v) is 2.32. The highest BCUT2D eigenvalue weighted by Gasteiger charge is 2.11. The molecule has 0 radical (unpaired) electrons. The maximum absolute atomic E-state index is 8.22. The van der Waals surface area contributed by atoms with Gasteiger partial charge in [-0.1, -0.05) is 6.92 Å². The van der Waals surface area contributed by atoms with Crippen LogP contribution in [0.4, 0.5) is 0 Å². The molecule has 0 aromatic carbocycles. The van der Waals surface area contributed by atoms with E-state index in [9.17, 15) is 0 Å². The van der Waals surface area contributed by atoms with Crippen LogP contribution < -0.4 is 5.73 Å². The van der Waals surface area contributed by atoms with Crippen molar-refractivity contribution in [1.29, 1.82) is 5.26 Å². The molecule has 1 atom stereocenters. The third-order valence-electron chi connectivity index (χ3n) is 0.990. The van der Waals surface area contributed by atoms with Crippen LogP contribution >= 0.6 is 0 Å². The molecule has 0 aliphatic carbocycles. The van der Waals surface area contributed by atoms with Crippen molar-refractivity contribution in [2.45, 2.75) is 25.8 Å². The summed E-state index contributed by atoms with van der Waals surface area (Å²) in [6.45, 7) is 3.61. The lowest BCUT2D eigenvalue weighted by Gasteiger charge is -2.09. The Kier molecular flexibility index (Phi) is 1.79. The van der Waals surface area contributed by atoms with Crippen LogP contribution in [0.5, 0.6) is 0 Å². The minimum Gasteiger partial charge on any atom is -0.314 e. The summed E-state index contributed by atoms with van der Waals surface area (Å²) < 4.78 is 0. The van der Waals surface area contributed by atoms with Gasteiger partial charge >= 0.3 is 0 Å². The Hall–Kier alpha value is -0.550. The average Bonchev–Trinajstić information content (AvgIpc) is 1.68. The Bertz CT molecular complexity index is 88.7. The molecule has 2 heteroatoms. The molecule has 0 amide bonds. The molecule has 40 valence electrons. The SMILES string of the molecule is CC[C@](C)(N)C#N. The number of nitrogens with two attached hydrogens (primary N) is 1. The van der Waals surface area contributed by atoms with E-state index in [-0.39, 0.29) is 0 Å². The summed E-state index contributed by atoms with van der Waals surface area (Å²) in [5, 5.41) is 8.22. The van der Waals surface area contributed by atoms with E-state index < -0.39 is 5.54 Å². The quantitative estimate of drug-likeness (QED) is 0.523. The van der Waals surface area contributed by atoms with E-state index >= 15 is 0 Å². The van der Waals surface area contributed by atoms with Crippen LogP contribution in [-0.2, 0) is 0 Å². The van der Waals surface area contributed by atoms with Crippen molar-refractivity contribution in [2.75, 3.05) is 0 Å². The Morgan fingerprint density at radius 1 is 1.86 bits per heavy atom. The minimum atomic E-state index is -0.611. The van der Waals surface area contributed by atoms with E-state index in [1.54, 1.807) is 6.92 Å². The molecule has 0 fully saturated rings. The fraction of sp³-hybridized carbons (Fsp3) is 0.800. The molecule has 2 nitrogen and oxygen atoms in total. The lowest BCUT2D eigenvalue weighted by molar-refractivity contribution is 0.578. The van der Waals surface area contributed by atoms with Gasteiger partial charge in [-0.2, -0.15) is 5.26 Å². The van der Waals surface area contributed by atoms with Crippen molar-refractivity contribution in [3.05, 3.63) is 0 Å². The smallest absolute Gasteiger partial charge is 0.101 e. The Morgan fingerprint density at radius 2 is 2.29 bits per heavy atom. The highest BCUT2D eigenvalue weighted by Crippen LogP contribution is 1.99. The highest BCUT2D eigenvalue weighted by molar-refractivity contribution is 4.99. The molecule has 0 unspecified atom stereocenters. The Labute approximate surface area is 43.9 Å². The van der Waals surface area contributed by atoms with E-state index in [0.717, 1.165) is 0 Å². The lowest BCUT2D eigenvalue weighted by atomic mass is 10.0. The molecule has 0 aromatic heterocycles. The topological polar surface area (TPSA) is 49.8 Å². The summed E-state index contributed by atoms with van der Waals surface area (Å²) in [7, 11) is 0. The maximum Gasteiger partial charge on any atom is 0.101 e. The van der Waals surface area contributed by atoms with Crippen molar-refractivity contribution in [3.8, 4) is 6.07 Å². The van der Waals surface area contributed by atoms with Crippen molar-refractivity contribution >= 4 is 0 Å². The normalized spacial score (nSPS) is 17.4. The molecule has 0 rings (SSSR count). The van der Waals surface area contributed by atoms with Crippen molar-refractivity contribution in [3.63, 3.8) is 0 Å². The predicted octanol–water partition coefficient (Wildman–Crippen LogP) is 0.637. The molecule has 2 N–H and O–H groups in total. The van der Waals surface area contributed by atoms with E-state index in [2.05, 4.69) is 0 Å². The molecule has 0 aliphatic heterocycles. The van der Waals surface area contributed by atoms with Crippen molar-refractivity contribution in [1.82, 2.24) is 0 Å². The van der Waals surface area contributed by atoms with E-state index in [1.165, 1.54) is 0 Å². The first kappa shape index (κ1) is 6.45. The van der Waals surface area contributed by atoms with E-state index in [1.807, 2.05) is 13.0 Å². The van der Waals surface area contributed by atoms with E-state index in [0.29, 0.717) is 6.42 Å². The van der Waals surface area contributed by atoms with Crippen molar-refractivity contribution < 1.29 is 0 Å². The summed E-state index contributed by atoms with van der Waals surface area (Å²) in [6.07, 6.45) is 0.712. The van der Waals surface area contributed by atoms with Crippen LogP contribution in [0.1, 0.15) is 20.3 Å².